The van der Waals surface area contributed by atoms with Crippen LogP contribution < -0.4 is 10.6 Å². The molecule has 1 amide bonds. The molecule has 6 nitrogen and oxygen atoms in total. The number of hydrogen-bond acceptors (Lipinski definition) is 5. The first-order valence-electron chi connectivity index (χ1n) is 9.71. The summed E-state index contributed by atoms with van der Waals surface area (Å²) in [5, 5.41) is 14.8. The van der Waals surface area contributed by atoms with E-state index in [1.807, 2.05) is 43.3 Å². The van der Waals surface area contributed by atoms with Crippen LogP contribution in [0.5, 0.6) is 0 Å². The second-order valence-electron chi connectivity index (χ2n) is 7.23. The average Bonchev–Trinajstić information content (AvgIpc) is 3.39. The third-order valence-electron chi connectivity index (χ3n) is 5.07. The van der Waals surface area contributed by atoms with E-state index in [0.717, 1.165) is 22.9 Å². The molecule has 0 saturated heterocycles. The van der Waals surface area contributed by atoms with Gasteiger partial charge < -0.3 is 15.1 Å². The third-order valence-corrected chi connectivity index (χ3v) is 5.07. The molecule has 0 bridgehead atoms. The van der Waals surface area contributed by atoms with Crippen molar-refractivity contribution in [1.82, 2.24) is 15.5 Å². The normalized spacial score (nSPS) is 14.2. The Bertz CT molecular complexity index is 943. The molecule has 2 heterocycles. The summed E-state index contributed by atoms with van der Waals surface area (Å²) >= 11 is 0. The smallest absolute Gasteiger partial charge is 0.251 e. The molecule has 3 aromatic rings. The average molecular weight is 376 g/mol. The lowest BCUT2D eigenvalue weighted by molar-refractivity contribution is 0.0948. The van der Waals surface area contributed by atoms with Gasteiger partial charge >= 0.3 is 0 Å². The minimum Gasteiger partial charge on any atom is -0.465 e. The topological polar surface area (TPSA) is 80.0 Å². The summed E-state index contributed by atoms with van der Waals surface area (Å²) in [6, 6.07) is 15.1. The zero-order chi connectivity index (χ0) is 19.3. The molecule has 0 atom stereocenters. The summed E-state index contributed by atoms with van der Waals surface area (Å²) in [5.41, 5.74) is 2.44. The molecule has 4 rings (SSSR count). The van der Waals surface area contributed by atoms with Crippen LogP contribution in [0.25, 0.3) is 0 Å². The number of anilines is 2. The Morgan fingerprint density at radius 3 is 2.68 bits per heavy atom. The van der Waals surface area contributed by atoms with Crippen LogP contribution in [0.4, 0.5) is 11.5 Å². The first-order valence-corrected chi connectivity index (χ1v) is 9.71. The molecule has 28 heavy (non-hydrogen) atoms. The number of carbonyl (C=O) groups is 1. The lowest BCUT2D eigenvalue weighted by Gasteiger charge is -2.10. The maximum atomic E-state index is 12.4. The Balaban J connectivity index is 1.38. The summed E-state index contributed by atoms with van der Waals surface area (Å²) in [6.07, 6.45) is 4.97. The van der Waals surface area contributed by atoms with Crippen molar-refractivity contribution in [2.75, 3.05) is 5.32 Å². The fourth-order valence-corrected chi connectivity index (χ4v) is 3.58. The van der Waals surface area contributed by atoms with E-state index in [1.54, 1.807) is 12.1 Å². The van der Waals surface area contributed by atoms with Gasteiger partial charge in [0.2, 0.25) is 0 Å². The van der Waals surface area contributed by atoms with E-state index in [0.29, 0.717) is 23.8 Å². The highest BCUT2D eigenvalue weighted by Gasteiger charge is 2.18. The van der Waals surface area contributed by atoms with E-state index in [2.05, 4.69) is 20.8 Å². The van der Waals surface area contributed by atoms with Crippen molar-refractivity contribution in [3.8, 4) is 0 Å². The van der Waals surface area contributed by atoms with E-state index < -0.39 is 0 Å². The number of aromatic nitrogens is 2. The molecule has 1 aliphatic rings. The van der Waals surface area contributed by atoms with Gasteiger partial charge in [-0.25, -0.2) is 0 Å². The number of furan rings is 1. The maximum Gasteiger partial charge on any atom is 0.251 e. The van der Waals surface area contributed by atoms with Gasteiger partial charge in [-0.1, -0.05) is 18.9 Å². The second-order valence-corrected chi connectivity index (χ2v) is 7.23. The molecule has 1 aliphatic carbocycles. The molecule has 0 aliphatic heterocycles. The van der Waals surface area contributed by atoms with Gasteiger partial charge in [-0.15, -0.1) is 5.10 Å². The number of hydrogen-bond donors (Lipinski definition) is 2. The standard InChI is InChI=1S/C22H24N4O2/c1-15-9-10-19(28-15)14-23-22(27)17-7-4-8-18(13-17)24-21-12-11-20(25-26-21)16-5-2-3-6-16/h4,7-13,16H,2-3,5-6,14H2,1H3,(H,23,27)(H,24,26). The lowest BCUT2D eigenvalue weighted by atomic mass is 10.0. The predicted octanol–water partition coefficient (Wildman–Crippen LogP) is 4.71. The number of nitrogens with zero attached hydrogens (tertiary/aromatic N) is 2. The largest absolute Gasteiger partial charge is 0.465 e. The van der Waals surface area contributed by atoms with Crippen LogP contribution in [0.2, 0.25) is 0 Å². The molecule has 0 spiro atoms. The number of carbonyl (C=O) groups excluding carboxylic acids is 1. The van der Waals surface area contributed by atoms with Crippen LogP contribution in [0, 0.1) is 6.92 Å². The highest BCUT2D eigenvalue weighted by Crippen LogP contribution is 2.32. The molecule has 0 unspecified atom stereocenters. The van der Waals surface area contributed by atoms with Crippen LogP contribution in [0.15, 0.2) is 52.9 Å². The van der Waals surface area contributed by atoms with Gasteiger partial charge in [-0.05, 0) is 62.2 Å². The molecule has 144 valence electrons. The van der Waals surface area contributed by atoms with Crippen LogP contribution in [-0.4, -0.2) is 16.1 Å². The number of nitrogens with one attached hydrogen (secondary N) is 2. The van der Waals surface area contributed by atoms with Crippen molar-refractivity contribution in [2.45, 2.75) is 45.1 Å². The highest BCUT2D eigenvalue weighted by molar-refractivity contribution is 5.95. The first-order chi connectivity index (χ1) is 13.7. The predicted molar refractivity (Wildman–Crippen MR) is 108 cm³/mol. The van der Waals surface area contributed by atoms with E-state index in [4.69, 9.17) is 4.42 Å². The van der Waals surface area contributed by atoms with E-state index >= 15 is 0 Å². The molecule has 2 N–H and O–H groups in total. The van der Waals surface area contributed by atoms with E-state index in [-0.39, 0.29) is 5.91 Å². The van der Waals surface area contributed by atoms with Crippen LogP contribution in [-0.2, 0) is 6.54 Å². The lowest BCUT2D eigenvalue weighted by Crippen LogP contribution is -2.22. The summed E-state index contributed by atoms with van der Waals surface area (Å²) < 4.78 is 5.48. The Hall–Kier alpha value is -3.15. The summed E-state index contributed by atoms with van der Waals surface area (Å²) in [7, 11) is 0. The Morgan fingerprint density at radius 1 is 1.11 bits per heavy atom. The van der Waals surface area contributed by atoms with Crippen molar-refractivity contribution in [3.63, 3.8) is 0 Å². The van der Waals surface area contributed by atoms with Crippen LogP contribution in [0.3, 0.4) is 0 Å². The minimum absolute atomic E-state index is 0.152. The van der Waals surface area contributed by atoms with Gasteiger partial charge in [0.25, 0.3) is 5.91 Å². The number of aryl methyl sites for hydroxylation is 1. The van der Waals surface area contributed by atoms with Gasteiger partial charge in [-0.2, -0.15) is 5.10 Å². The minimum atomic E-state index is -0.152. The third kappa shape index (κ3) is 4.39. The number of benzene rings is 1. The van der Waals surface area contributed by atoms with Crippen molar-refractivity contribution in [3.05, 3.63) is 71.3 Å². The summed E-state index contributed by atoms with van der Waals surface area (Å²) in [6.45, 7) is 2.24. The van der Waals surface area contributed by atoms with Gasteiger partial charge in [0.1, 0.15) is 11.5 Å². The van der Waals surface area contributed by atoms with Crippen LogP contribution in [0.1, 0.15) is 59.2 Å². The van der Waals surface area contributed by atoms with Crippen molar-refractivity contribution < 1.29 is 9.21 Å². The number of rotatable bonds is 6. The zero-order valence-electron chi connectivity index (χ0n) is 15.9. The zero-order valence-corrected chi connectivity index (χ0v) is 15.9. The summed E-state index contributed by atoms with van der Waals surface area (Å²) in [5.74, 6) is 2.63. The fourth-order valence-electron chi connectivity index (χ4n) is 3.58. The first kappa shape index (κ1) is 18.2. The van der Waals surface area contributed by atoms with Crippen molar-refractivity contribution in [2.24, 2.45) is 0 Å². The highest BCUT2D eigenvalue weighted by atomic mass is 16.3. The molecular formula is C22H24N4O2. The monoisotopic (exact) mass is 376 g/mol. The number of amides is 1. The van der Waals surface area contributed by atoms with Crippen LogP contribution >= 0.6 is 0 Å². The Morgan fingerprint density at radius 2 is 1.96 bits per heavy atom. The Labute approximate surface area is 164 Å². The second kappa shape index (κ2) is 8.25. The van der Waals surface area contributed by atoms with Gasteiger partial charge in [0.15, 0.2) is 5.82 Å². The quantitative estimate of drug-likeness (QED) is 0.651. The molecule has 1 aromatic carbocycles. The molecule has 0 radical (unpaired) electrons. The summed E-state index contributed by atoms with van der Waals surface area (Å²) in [4.78, 5) is 12.4. The SMILES string of the molecule is Cc1ccc(CNC(=O)c2cccc(Nc3ccc(C4CCCC4)nn3)c2)o1. The fraction of sp³-hybridized carbons (Fsp3) is 0.318. The molecule has 1 saturated carbocycles. The molecular weight excluding hydrogens is 352 g/mol. The van der Waals surface area contributed by atoms with E-state index in [1.165, 1.54) is 25.7 Å². The van der Waals surface area contributed by atoms with E-state index in [9.17, 15) is 4.79 Å². The maximum absolute atomic E-state index is 12.4. The van der Waals surface area contributed by atoms with Gasteiger partial charge in [-0.3, -0.25) is 4.79 Å². The molecule has 1 fully saturated rings. The van der Waals surface area contributed by atoms with Crippen molar-refractivity contribution >= 4 is 17.4 Å². The van der Waals surface area contributed by atoms with Crippen molar-refractivity contribution in [1.29, 1.82) is 0 Å². The molecule has 2 aromatic heterocycles. The Kier molecular flexibility index (Phi) is 5.37. The van der Waals surface area contributed by atoms with Gasteiger partial charge in [0, 0.05) is 17.2 Å². The van der Waals surface area contributed by atoms with Gasteiger partial charge in [0.05, 0.1) is 12.2 Å². The molecule has 6 heteroatoms.